The fourth-order valence-electron chi connectivity index (χ4n) is 2.01. The van der Waals surface area contributed by atoms with Crippen molar-refractivity contribution < 1.29 is 21.6 Å². The van der Waals surface area contributed by atoms with Crippen LogP contribution < -0.4 is 10.3 Å². The molecule has 122 valence electrons. The van der Waals surface area contributed by atoms with Gasteiger partial charge in [0.05, 0.1) is 17.0 Å². The second-order valence-electron chi connectivity index (χ2n) is 4.73. The van der Waals surface area contributed by atoms with Gasteiger partial charge >= 0.3 is 6.18 Å². The number of halogens is 3. The minimum Gasteiger partial charge on any atom is -0.279 e. The van der Waals surface area contributed by atoms with Gasteiger partial charge in [-0.25, -0.2) is 23.4 Å². The highest BCUT2D eigenvalue weighted by Crippen LogP contribution is 2.31. The van der Waals surface area contributed by atoms with E-state index in [1.54, 1.807) is 0 Å². The third kappa shape index (κ3) is 3.33. The predicted octanol–water partition coefficient (Wildman–Crippen LogP) is 1.28. The van der Waals surface area contributed by atoms with Crippen LogP contribution in [-0.2, 0) is 22.7 Å². The number of alkyl halides is 3. The Kier molecular flexibility index (Phi) is 3.59. The van der Waals surface area contributed by atoms with Gasteiger partial charge in [0.1, 0.15) is 6.33 Å². The van der Waals surface area contributed by atoms with Gasteiger partial charge < -0.3 is 0 Å². The summed E-state index contributed by atoms with van der Waals surface area (Å²) in [4.78, 5) is 11.7. The number of hydrogen-bond acceptors (Lipinski definition) is 5. The summed E-state index contributed by atoms with van der Waals surface area (Å²) in [7, 11) is -3.46. The third-order valence-electron chi connectivity index (χ3n) is 3.08. The Bertz CT molecular complexity index is 921. The van der Waals surface area contributed by atoms with Crippen LogP contribution in [0, 0.1) is 0 Å². The molecule has 0 bridgehead atoms. The minimum absolute atomic E-state index is 0.0250. The highest BCUT2D eigenvalue weighted by Gasteiger charge is 2.30. The van der Waals surface area contributed by atoms with Gasteiger partial charge in [-0.15, -0.1) is 0 Å². The summed E-state index contributed by atoms with van der Waals surface area (Å²) in [5, 5.41) is 0. The van der Waals surface area contributed by atoms with Gasteiger partial charge in [0.2, 0.25) is 21.6 Å². The molecule has 0 amide bonds. The molecule has 0 unspecified atom stereocenters. The first-order chi connectivity index (χ1) is 10.7. The van der Waals surface area contributed by atoms with Gasteiger partial charge in [-0.05, 0) is 18.2 Å². The number of sulfonamides is 1. The van der Waals surface area contributed by atoms with Crippen LogP contribution in [0.4, 0.5) is 24.8 Å². The van der Waals surface area contributed by atoms with E-state index in [1.807, 2.05) is 0 Å². The van der Waals surface area contributed by atoms with Crippen molar-refractivity contribution in [2.24, 2.45) is 4.99 Å². The number of hydrogen-bond donors (Lipinski definition) is 1. The first-order valence-corrected chi connectivity index (χ1v) is 8.04. The zero-order valence-corrected chi connectivity index (χ0v) is 12.3. The Morgan fingerprint density at radius 2 is 2.04 bits per heavy atom. The zero-order chi connectivity index (χ0) is 16.7. The quantitative estimate of drug-likeness (QED) is 0.843. The lowest BCUT2D eigenvalue weighted by Crippen LogP contribution is -2.37. The van der Waals surface area contributed by atoms with Gasteiger partial charge in [-0.1, -0.05) is 6.07 Å². The fourth-order valence-corrected chi connectivity index (χ4v) is 2.98. The SMILES string of the molecule is O=S1(=O)CCn2c(ncnc2=Nc2cccc(C(F)(F)F)c2)N1. The van der Waals surface area contributed by atoms with Crippen LogP contribution in [0.5, 0.6) is 0 Å². The third-order valence-corrected chi connectivity index (χ3v) is 4.30. The van der Waals surface area contributed by atoms with Crippen molar-refractivity contribution in [1.82, 2.24) is 14.5 Å². The van der Waals surface area contributed by atoms with E-state index in [2.05, 4.69) is 19.7 Å². The summed E-state index contributed by atoms with van der Waals surface area (Å²) in [5.41, 5.74) is -0.703. The molecule has 7 nitrogen and oxygen atoms in total. The molecular weight excluding hydrogens is 335 g/mol. The summed E-state index contributed by atoms with van der Waals surface area (Å²) in [6.45, 7) is 0.0588. The molecule has 0 atom stereocenters. The van der Waals surface area contributed by atoms with Crippen molar-refractivity contribution in [1.29, 1.82) is 0 Å². The Labute approximate surface area is 128 Å². The lowest BCUT2D eigenvalue weighted by Gasteiger charge is -2.18. The van der Waals surface area contributed by atoms with Crippen LogP contribution in [0.1, 0.15) is 5.56 Å². The Morgan fingerprint density at radius 1 is 1.26 bits per heavy atom. The van der Waals surface area contributed by atoms with E-state index in [1.165, 1.54) is 16.7 Å². The number of fused-ring (bicyclic) bond motifs is 1. The Balaban J connectivity index is 2.08. The Morgan fingerprint density at radius 3 is 2.78 bits per heavy atom. The Hall–Kier alpha value is -2.43. The number of nitrogens with zero attached hydrogens (tertiary/aromatic N) is 4. The van der Waals surface area contributed by atoms with Crippen molar-refractivity contribution in [3.63, 3.8) is 0 Å². The molecule has 0 spiro atoms. The lowest BCUT2D eigenvalue weighted by atomic mass is 10.2. The number of rotatable bonds is 1. The molecule has 0 saturated heterocycles. The molecule has 0 fully saturated rings. The van der Waals surface area contributed by atoms with Crippen LogP contribution in [0.25, 0.3) is 0 Å². The van der Waals surface area contributed by atoms with Gasteiger partial charge in [0.25, 0.3) is 0 Å². The van der Waals surface area contributed by atoms with Gasteiger partial charge in [-0.2, -0.15) is 13.2 Å². The van der Waals surface area contributed by atoms with Crippen LogP contribution >= 0.6 is 0 Å². The second-order valence-corrected chi connectivity index (χ2v) is 6.57. The van der Waals surface area contributed by atoms with Crippen LogP contribution in [0.2, 0.25) is 0 Å². The molecule has 1 aromatic heterocycles. The van der Waals surface area contributed by atoms with Crippen molar-refractivity contribution >= 4 is 21.7 Å². The van der Waals surface area contributed by atoms with Crippen LogP contribution in [0.15, 0.2) is 35.6 Å². The molecule has 0 aliphatic carbocycles. The maximum absolute atomic E-state index is 12.7. The summed E-state index contributed by atoms with van der Waals surface area (Å²) in [6, 6.07) is 4.47. The molecule has 3 rings (SSSR count). The first-order valence-electron chi connectivity index (χ1n) is 6.39. The van der Waals surface area contributed by atoms with E-state index in [0.717, 1.165) is 18.5 Å². The number of nitrogens with one attached hydrogen (secondary N) is 1. The minimum atomic E-state index is -4.47. The van der Waals surface area contributed by atoms with E-state index >= 15 is 0 Å². The first kappa shape index (κ1) is 15.5. The maximum atomic E-state index is 12.7. The molecule has 11 heteroatoms. The van der Waals surface area contributed by atoms with Gasteiger partial charge in [0.15, 0.2) is 0 Å². The average Bonchev–Trinajstić information content (AvgIpc) is 2.45. The molecule has 1 aromatic carbocycles. The van der Waals surface area contributed by atoms with Crippen molar-refractivity contribution in [3.05, 3.63) is 41.8 Å². The largest absolute Gasteiger partial charge is 0.416 e. The molecule has 23 heavy (non-hydrogen) atoms. The summed E-state index contributed by atoms with van der Waals surface area (Å²) in [5.74, 6) is -0.166. The normalized spacial score (nSPS) is 17.4. The van der Waals surface area contributed by atoms with E-state index in [0.29, 0.717) is 0 Å². The van der Waals surface area contributed by atoms with E-state index in [4.69, 9.17) is 0 Å². The zero-order valence-electron chi connectivity index (χ0n) is 11.4. The highest BCUT2D eigenvalue weighted by molar-refractivity contribution is 7.92. The topological polar surface area (TPSA) is 89.2 Å². The van der Waals surface area contributed by atoms with E-state index in [-0.39, 0.29) is 29.6 Å². The highest BCUT2D eigenvalue weighted by atomic mass is 32.2. The standard InChI is InChI=1S/C12H10F3N5O2S/c13-12(14,15)8-2-1-3-9(6-8)18-10-16-7-17-11-19-23(21,22)5-4-20(10)11/h1-3,6-7H,4-5H2,(H,16,17,18,19). The molecule has 1 N–H and O–H groups in total. The monoisotopic (exact) mass is 345 g/mol. The van der Waals surface area contributed by atoms with Crippen molar-refractivity contribution in [3.8, 4) is 0 Å². The smallest absolute Gasteiger partial charge is 0.279 e. The van der Waals surface area contributed by atoms with E-state index in [9.17, 15) is 21.6 Å². The van der Waals surface area contributed by atoms with Gasteiger partial charge in [-0.3, -0.25) is 9.29 Å². The summed E-state index contributed by atoms with van der Waals surface area (Å²) < 4.78 is 64.8. The molecule has 1 aliphatic heterocycles. The number of benzene rings is 1. The number of anilines is 1. The second kappa shape index (κ2) is 5.33. The van der Waals surface area contributed by atoms with Crippen molar-refractivity contribution in [2.45, 2.75) is 12.7 Å². The average molecular weight is 345 g/mol. The molecule has 0 saturated carbocycles. The fraction of sp³-hybridized carbons (Fsp3) is 0.250. The summed E-state index contributed by atoms with van der Waals surface area (Å²) in [6.07, 6.45) is -3.38. The lowest BCUT2D eigenvalue weighted by molar-refractivity contribution is -0.137. The molecule has 1 aliphatic rings. The maximum Gasteiger partial charge on any atom is 0.416 e. The van der Waals surface area contributed by atoms with Crippen molar-refractivity contribution in [2.75, 3.05) is 10.5 Å². The van der Waals surface area contributed by atoms with Gasteiger partial charge in [0, 0.05) is 6.54 Å². The molecular formula is C12H10F3N5O2S. The van der Waals surface area contributed by atoms with Crippen LogP contribution in [0.3, 0.4) is 0 Å². The summed E-state index contributed by atoms with van der Waals surface area (Å²) >= 11 is 0. The molecule has 0 radical (unpaired) electrons. The van der Waals surface area contributed by atoms with Crippen LogP contribution in [-0.4, -0.2) is 28.7 Å². The molecule has 2 heterocycles. The molecule has 2 aromatic rings. The predicted molar refractivity (Wildman–Crippen MR) is 74.1 cm³/mol. The van der Waals surface area contributed by atoms with E-state index < -0.39 is 21.8 Å². The number of aromatic nitrogens is 3.